The van der Waals surface area contributed by atoms with Gasteiger partial charge in [-0.3, -0.25) is 4.90 Å². The highest BCUT2D eigenvalue weighted by Gasteiger charge is 2.17. The van der Waals surface area contributed by atoms with Crippen molar-refractivity contribution in [3.63, 3.8) is 0 Å². The van der Waals surface area contributed by atoms with Crippen LogP contribution in [0.2, 0.25) is 5.02 Å². The molecule has 0 atom stereocenters. The molecule has 38 heavy (non-hydrogen) atoms. The van der Waals surface area contributed by atoms with Crippen molar-refractivity contribution in [3.8, 4) is 22.9 Å². The molecule has 1 aliphatic heterocycles. The zero-order valence-electron chi connectivity index (χ0n) is 21.4. The van der Waals surface area contributed by atoms with Crippen molar-refractivity contribution < 1.29 is 13.9 Å². The fraction of sp³-hybridized carbons (Fsp3) is 0.258. The molecule has 0 amide bonds. The van der Waals surface area contributed by atoms with Crippen molar-refractivity contribution in [1.82, 2.24) is 14.5 Å². The standard InChI is InChI=1S/C31H31ClFN3O2/c1-2-3-16-36-27(19-34-31(36)25-8-5-4-6-9-25)21-35(15-7-10-24-12-13-26(32)18-28(24)33)20-23-11-14-29-30(17-23)38-22-37-29/h4-14,17-19H,2-3,15-16,20-22H2,1H3/b10-7-. The molecule has 0 N–H and O–H groups in total. The molecule has 3 aromatic carbocycles. The Labute approximate surface area is 228 Å². The number of halogens is 2. The summed E-state index contributed by atoms with van der Waals surface area (Å²) in [5.41, 5.74) is 3.87. The molecule has 2 heterocycles. The second kappa shape index (κ2) is 12.3. The van der Waals surface area contributed by atoms with E-state index in [-0.39, 0.29) is 12.6 Å². The molecule has 0 radical (unpaired) electrons. The molecule has 196 valence electrons. The van der Waals surface area contributed by atoms with Crippen molar-refractivity contribution >= 4 is 17.7 Å². The third kappa shape index (κ3) is 6.26. The second-order valence-corrected chi connectivity index (χ2v) is 9.81. The number of hydrogen-bond donors (Lipinski definition) is 0. The summed E-state index contributed by atoms with van der Waals surface area (Å²) in [7, 11) is 0. The zero-order valence-corrected chi connectivity index (χ0v) is 22.2. The molecule has 0 aliphatic carbocycles. The van der Waals surface area contributed by atoms with Crippen molar-refractivity contribution in [2.75, 3.05) is 13.3 Å². The summed E-state index contributed by atoms with van der Waals surface area (Å²) < 4.78 is 27.7. The summed E-state index contributed by atoms with van der Waals surface area (Å²) >= 11 is 5.92. The van der Waals surface area contributed by atoms with Gasteiger partial charge in [0, 0.05) is 42.3 Å². The van der Waals surface area contributed by atoms with Gasteiger partial charge in [0.15, 0.2) is 11.5 Å². The highest BCUT2D eigenvalue weighted by Crippen LogP contribution is 2.33. The molecule has 1 aromatic heterocycles. The van der Waals surface area contributed by atoms with E-state index in [1.807, 2.05) is 48.7 Å². The maximum absolute atomic E-state index is 14.3. The third-order valence-electron chi connectivity index (χ3n) is 6.56. The molecule has 0 saturated heterocycles. The molecule has 1 aliphatic rings. The number of rotatable bonds is 11. The Kier molecular flexibility index (Phi) is 8.41. The van der Waals surface area contributed by atoms with Gasteiger partial charge in [0.2, 0.25) is 6.79 Å². The molecular formula is C31H31ClFN3O2. The van der Waals surface area contributed by atoms with Crippen molar-refractivity contribution in [2.45, 2.75) is 39.4 Å². The number of ether oxygens (including phenoxy) is 2. The van der Waals surface area contributed by atoms with Crippen molar-refractivity contribution in [1.29, 1.82) is 0 Å². The largest absolute Gasteiger partial charge is 0.454 e. The Morgan fingerprint density at radius 2 is 1.87 bits per heavy atom. The minimum Gasteiger partial charge on any atom is -0.454 e. The maximum atomic E-state index is 14.3. The maximum Gasteiger partial charge on any atom is 0.231 e. The van der Waals surface area contributed by atoms with E-state index in [1.54, 1.807) is 12.1 Å². The number of nitrogens with zero attached hydrogens (tertiary/aromatic N) is 3. The van der Waals surface area contributed by atoms with Gasteiger partial charge in [0.1, 0.15) is 11.6 Å². The normalized spacial score (nSPS) is 12.6. The van der Waals surface area contributed by atoms with Gasteiger partial charge in [-0.05, 0) is 36.2 Å². The van der Waals surface area contributed by atoms with Gasteiger partial charge >= 0.3 is 0 Å². The van der Waals surface area contributed by atoms with Crippen LogP contribution >= 0.6 is 11.6 Å². The lowest BCUT2D eigenvalue weighted by atomic mass is 10.1. The average Bonchev–Trinajstić information content (AvgIpc) is 3.55. The Bertz CT molecular complexity index is 1400. The monoisotopic (exact) mass is 531 g/mol. The molecule has 0 spiro atoms. The molecule has 0 saturated carbocycles. The minimum absolute atomic E-state index is 0.247. The van der Waals surface area contributed by atoms with E-state index in [0.717, 1.165) is 53.5 Å². The lowest BCUT2D eigenvalue weighted by Gasteiger charge is -2.22. The zero-order chi connectivity index (χ0) is 26.3. The fourth-order valence-electron chi connectivity index (χ4n) is 4.60. The molecular weight excluding hydrogens is 501 g/mol. The lowest BCUT2D eigenvalue weighted by Crippen LogP contribution is -2.24. The van der Waals surface area contributed by atoms with Gasteiger partial charge in [-0.2, -0.15) is 0 Å². The summed E-state index contributed by atoms with van der Waals surface area (Å²) in [6, 6.07) is 21.1. The quantitative estimate of drug-likeness (QED) is 0.200. The number of imidazole rings is 1. The molecule has 0 fully saturated rings. The summed E-state index contributed by atoms with van der Waals surface area (Å²) in [6.45, 7) is 5.34. The Morgan fingerprint density at radius 1 is 1.03 bits per heavy atom. The van der Waals surface area contributed by atoms with Crippen molar-refractivity contribution in [2.24, 2.45) is 0 Å². The topological polar surface area (TPSA) is 39.5 Å². The summed E-state index contributed by atoms with van der Waals surface area (Å²) in [5, 5.41) is 0.388. The SMILES string of the molecule is CCCCn1c(CN(C/C=C\c2ccc(Cl)cc2F)Cc2ccc3c(c2)OCO3)cnc1-c1ccccc1. The van der Waals surface area contributed by atoms with Crippen LogP contribution in [0.25, 0.3) is 17.5 Å². The van der Waals surface area contributed by atoms with Gasteiger partial charge < -0.3 is 14.0 Å². The lowest BCUT2D eigenvalue weighted by molar-refractivity contribution is 0.174. The van der Waals surface area contributed by atoms with E-state index < -0.39 is 0 Å². The minimum atomic E-state index is -0.332. The number of unbranched alkanes of at least 4 members (excludes halogenated alkanes) is 1. The molecule has 7 heteroatoms. The highest BCUT2D eigenvalue weighted by molar-refractivity contribution is 6.30. The number of fused-ring (bicyclic) bond motifs is 1. The summed E-state index contributed by atoms with van der Waals surface area (Å²) in [4.78, 5) is 7.13. The predicted molar refractivity (Wildman–Crippen MR) is 150 cm³/mol. The number of benzene rings is 3. The summed E-state index contributed by atoms with van der Waals surface area (Å²) in [6.07, 6.45) is 7.95. The van der Waals surface area contributed by atoms with Crippen LogP contribution in [0.1, 0.15) is 36.6 Å². The molecule has 5 rings (SSSR count). The van der Waals surface area contributed by atoms with Crippen LogP contribution in [0.4, 0.5) is 4.39 Å². The number of aromatic nitrogens is 2. The van der Waals surface area contributed by atoms with Gasteiger partial charge in [0.05, 0.1) is 11.9 Å². The van der Waals surface area contributed by atoms with E-state index in [2.05, 4.69) is 34.6 Å². The summed E-state index contributed by atoms with van der Waals surface area (Å²) in [5.74, 6) is 2.18. The Hall–Kier alpha value is -3.61. The second-order valence-electron chi connectivity index (χ2n) is 9.37. The van der Waals surface area contributed by atoms with Crippen LogP contribution < -0.4 is 9.47 Å². The van der Waals surface area contributed by atoms with E-state index in [0.29, 0.717) is 30.2 Å². The van der Waals surface area contributed by atoms with Crippen LogP contribution in [0, 0.1) is 5.82 Å². The van der Waals surface area contributed by atoms with E-state index in [1.165, 1.54) is 6.07 Å². The van der Waals surface area contributed by atoms with Crippen LogP contribution in [-0.2, 0) is 19.6 Å². The Balaban J connectivity index is 1.41. The van der Waals surface area contributed by atoms with Crippen LogP contribution in [0.5, 0.6) is 11.5 Å². The van der Waals surface area contributed by atoms with Crippen LogP contribution in [0.15, 0.2) is 79.0 Å². The Morgan fingerprint density at radius 3 is 2.68 bits per heavy atom. The first-order valence-electron chi connectivity index (χ1n) is 12.9. The van der Waals surface area contributed by atoms with Gasteiger partial charge in [-0.1, -0.05) is 79.6 Å². The third-order valence-corrected chi connectivity index (χ3v) is 6.79. The van der Waals surface area contributed by atoms with Crippen LogP contribution in [-0.4, -0.2) is 27.8 Å². The molecule has 0 unspecified atom stereocenters. The van der Waals surface area contributed by atoms with Gasteiger partial charge in [0.25, 0.3) is 0 Å². The fourth-order valence-corrected chi connectivity index (χ4v) is 4.76. The van der Waals surface area contributed by atoms with Crippen LogP contribution in [0.3, 0.4) is 0 Å². The highest BCUT2D eigenvalue weighted by atomic mass is 35.5. The average molecular weight is 532 g/mol. The predicted octanol–water partition coefficient (Wildman–Crippen LogP) is 7.59. The van der Waals surface area contributed by atoms with E-state index >= 15 is 0 Å². The molecule has 5 nitrogen and oxygen atoms in total. The molecule has 0 bridgehead atoms. The first kappa shape index (κ1) is 26.0. The van der Waals surface area contributed by atoms with E-state index in [9.17, 15) is 4.39 Å². The first-order chi connectivity index (χ1) is 18.6. The van der Waals surface area contributed by atoms with Crippen molar-refractivity contribution in [3.05, 3.63) is 107 Å². The molecule has 4 aromatic rings. The first-order valence-corrected chi connectivity index (χ1v) is 13.3. The van der Waals surface area contributed by atoms with Gasteiger partial charge in [-0.15, -0.1) is 0 Å². The number of hydrogen-bond acceptors (Lipinski definition) is 4. The van der Waals surface area contributed by atoms with Gasteiger partial charge in [-0.25, -0.2) is 9.37 Å². The smallest absolute Gasteiger partial charge is 0.231 e. The van der Waals surface area contributed by atoms with E-state index in [4.69, 9.17) is 26.1 Å².